The number of nitrogens with one attached hydrogen (secondary N) is 1. The number of hydrogen-bond donors (Lipinski definition) is 1. The minimum atomic E-state index is -0.248. The minimum Gasteiger partial charge on any atom is -0.493 e. The molecule has 1 N–H and O–H groups in total. The van der Waals surface area contributed by atoms with Gasteiger partial charge in [-0.15, -0.1) is 16.8 Å². The largest absolute Gasteiger partial charge is 0.493 e. The van der Waals surface area contributed by atoms with E-state index in [9.17, 15) is 4.79 Å². The van der Waals surface area contributed by atoms with Gasteiger partial charge >= 0.3 is 0 Å². The predicted octanol–water partition coefficient (Wildman–Crippen LogP) is 5.02. The van der Waals surface area contributed by atoms with Crippen molar-refractivity contribution in [1.82, 2.24) is 24.7 Å². The Labute approximate surface area is 219 Å². The normalized spacial score (nSPS) is 11.2. The second kappa shape index (κ2) is 11.5. The molecule has 0 atom stereocenters. The van der Waals surface area contributed by atoms with E-state index in [1.807, 2.05) is 17.6 Å². The molecule has 9 nitrogen and oxygen atoms in total. The van der Waals surface area contributed by atoms with Gasteiger partial charge in [-0.3, -0.25) is 9.36 Å². The van der Waals surface area contributed by atoms with Gasteiger partial charge in [0.05, 0.1) is 30.9 Å². The molecular weight excluding hydrogens is 490 g/mol. The molecule has 0 aliphatic rings. The van der Waals surface area contributed by atoms with Crippen molar-refractivity contribution in [3.63, 3.8) is 0 Å². The van der Waals surface area contributed by atoms with Crippen LogP contribution in [0, 0.1) is 6.92 Å². The van der Waals surface area contributed by atoms with Crippen LogP contribution in [0.5, 0.6) is 17.2 Å². The van der Waals surface area contributed by atoms with E-state index in [0.717, 1.165) is 16.9 Å². The van der Waals surface area contributed by atoms with Gasteiger partial charge in [0, 0.05) is 12.6 Å². The van der Waals surface area contributed by atoms with Crippen LogP contribution in [0.2, 0.25) is 0 Å². The van der Waals surface area contributed by atoms with Gasteiger partial charge in [0.1, 0.15) is 18.2 Å². The number of aromatic nitrogens is 5. The maximum Gasteiger partial charge on any atom is 0.258 e. The molecule has 0 radical (unpaired) electrons. The topological polar surface area (TPSA) is 104 Å². The van der Waals surface area contributed by atoms with Gasteiger partial charge in [-0.05, 0) is 36.1 Å². The van der Waals surface area contributed by atoms with E-state index in [-0.39, 0.29) is 12.2 Å². The lowest BCUT2D eigenvalue weighted by Crippen LogP contribution is -2.12. The summed E-state index contributed by atoms with van der Waals surface area (Å²) < 4.78 is 18.8. The molecule has 0 saturated heterocycles. The van der Waals surface area contributed by atoms with Gasteiger partial charge in [0.25, 0.3) is 5.56 Å². The molecule has 4 rings (SSSR count). The first-order chi connectivity index (χ1) is 17.8. The van der Waals surface area contributed by atoms with Crippen molar-refractivity contribution in [2.24, 2.45) is 0 Å². The molecule has 0 spiro atoms. The van der Waals surface area contributed by atoms with Gasteiger partial charge in [-0.25, -0.2) is 4.98 Å². The van der Waals surface area contributed by atoms with Gasteiger partial charge in [-0.2, -0.15) is 0 Å². The highest BCUT2D eigenvalue weighted by Crippen LogP contribution is 2.31. The summed E-state index contributed by atoms with van der Waals surface area (Å²) in [7, 11) is 3.07. The highest BCUT2D eigenvalue weighted by molar-refractivity contribution is 7.98. The number of benzene rings is 2. The first-order valence-electron chi connectivity index (χ1n) is 11.9. The van der Waals surface area contributed by atoms with Crippen molar-refractivity contribution >= 4 is 22.7 Å². The Morgan fingerprint density at radius 1 is 1.11 bits per heavy atom. The first kappa shape index (κ1) is 26.3. The van der Waals surface area contributed by atoms with Gasteiger partial charge < -0.3 is 19.2 Å². The number of hydrogen-bond acceptors (Lipinski definition) is 8. The molecule has 2 aromatic heterocycles. The second-order valence-electron chi connectivity index (χ2n) is 8.81. The number of ether oxygens (including phenoxy) is 3. The summed E-state index contributed by atoms with van der Waals surface area (Å²) in [6, 6.07) is 9.57. The average Bonchev–Trinajstić information content (AvgIpc) is 3.26. The number of nitrogens with zero attached hydrogens (tertiary/aromatic N) is 4. The molecule has 37 heavy (non-hydrogen) atoms. The first-order valence-corrected chi connectivity index (χ1v) is 12.9. The number of rotatable bonds is 11. The third-order valence-electron chi connectivity index (χ3n) is 5.85. The Kier molecular flexibility index (Phi) is 8.17. The van der Waals surface area contributed by atoms with Crippen LogP contribution in [0.25, 0.3) is 10.9 Å². The van der Waals surface area contributed by atoms with Crippen LogP contribution in [0.1, 0.15) is 42.5 Å². The Balaban J connectivity index is 1.54. The van der Waals surface area contributed by atoms with Gasteiger partial charge in [0.2, 0.25) is 0 Å². The lowest BCUT2D eigenvalue weighted by atomic mass is 10.0. The van der Waals surface area contributed by atoms with Crippen LogP contribution in [-0.4, -0.2) is 39.0 Å². The third-order valence-corrected chi connectivity index (χ3v) is 6.83. The molecular formula is C27H31N5O4S. The van der Waals surface area contributed by atoms with E-state index in [1.54, 1.807) is 25.3 Å². The highest BCUT2D eigenvalue weighted by atomic mass is 32.2. The van der Waals surface area contributed by atoms with Crippen molar-refractivity contribution in [3.8, 4) is 17.2 Å². The Bertz CT molecular complexity index is 1480. The van der Waals surface area contributed by atoms with Crippen LogP contribution < -0.4 is 19.8 Å². The molecule has 0 amide bonds. The maximum absolute atomic E-state index is 12.7. The molecule has 4 aromatic rings. The number of H-pyrrole nitrogens is 1. The Hall–Kier alpha value is -3.79. The quantitative estimate of drug-likeness (QED) is 0.217. The fourth-order valence-corrected chi connectivity index (χ4v) is 4.78. The van der Waals surface area contributed by atoms with E-state index >= 15 is 0 Å². The van der Waals surface area contributed by atoms with E-state index in [2.05, 4.69) is 52.7 Å². The zero-order valence-electron chi connectivity index (χ0n) is 21.7. The number of methoxy groups -OCH3 is 2. The minimum absolute atomic E-state index is 0.248. The number of fused-ring (bicyclic) bond motifs is 1. The molecule has 0 bridgehead atoms. The van der Waals surface area contributed by atoms with Crippen LogP contribution in [-0.2, 0) is 18.9 Å². The lowest BCUT2D eigenvalue weighted by molar-refractivity contribution is 0.285. The zero-order valence-corrected chi connectivity index (χ0v) is 22.5. The number of allylic oxidation sites excluding steroid dienone is 1. The molecule has 0 fully saturated rings. The Morgan fingerprint density at radius 3 is 2.57 bits per heavy atom. The van der Waals surface area contributed by atoms with Gasteiger partial charge in [-0.1, -0.05) is 43.8 Å². The highest BCUT2D eigenvalue weighted by Gasteiger charge is 2.16. The van der Waals surface area contributed by atoms with Crippen molar-refractivity contribution in [3.05, 3.63) is 76.1 Å². The standard InChI is InChI=1S/C27H31N5O4S/c1-7-10-32-25(14-36-21-11-17(4)8-9-18(21)16(2)3)30-31-27(32)37-15-24-28-20-13-23(35-6)22(34-5)12-19(20)26(33)29-24/h7-9,11-13,16H,1,10,14-15H2,2-6H3,(H,28,29,33). The van der Waals surface area contributed by atoms with E-state index in [0.29, 0.717) is 57.4 Å². The van der Waals surface area contributed by atoms with Crippen LogP contribution >= 0.6 is 11.8 Å². The summed E-state index contributed by atoms with van der Waals surface area (Å²) in [6.45, 7) is 11.0. The monoisotopic (exact) mass is 521 g/mol. The molecule has 0 saturated carbocycles. The van der Waals surface area contributed by atoms with Crippen molar-refractivity contribution in [1.29, 1.82) is 0 Å². The third kappa shape index (κ3) is 5.80. The summed E-state index contributed by atoms with van der Waals surface area (Å²) in [5, 5.41) is 9.84. The van der Waals surface area contributed by atoms with Crippen LogP contribution in [0.4, 0.5) is 0 Å². The fourth-order valence-electron chi connectivity index (χ4n) is 3.95. The molecule has 2 aromatic carbocycles. The summed E-state index contributed by atoms with van der Waals surface area (Å²) in [4.78, 5) is 20.2. The SMILES string of the molecule is C=CCn1c(COc2cc(C)ccc2C(C)C)nnc1SCc1nc2cc(OC)c(OC)cc2c(=O)[nH]1. The molecule has 0 aliphatic carbocycles. The average molecular weight is 522 g/mol. The molecule has 2 heterocycles. The van der Waals surface area contributed by atoms with Crippen molar-refractivity contribution < 1.29 is 14.2 Å². The van der Waals surface area contributed by atoms with Crippen LogP contribution in [0.3, 0.4) is 0 Å². The number of thioether (sulfide) groups is 1. The predicted molar refractivity (Wildman–Crippen MR) is 145 cm³/mol. The summed E-state index contributed by atoms with van der Waals surface area (Å²) in [6.07, 6.45) is 1.79. The fraction of sp³-hybridized carbons (Fsp3) is 0.333. The second-order valence-corrected chi connectivity index (χ2v) is 9.75. The number of aromatic amines is 1. The van der Waals surface area contributed by atoms with Crippen molar-refractivity contribution in [2.75, 3.05) is 14.2 Å². The number of aryl methyl sites for hydroxylation is 1. The maximum atomic E-state index is 12.7. The van der Waals surface area contributed by atoms with Gasteiger partial charge in [0.15, 0.2) is 22.5 Å². The zero-order chi connectivity index (χ0) is 26.5. The van der Waals surface area contributed by atoms with Crippen LogP contribution in [0.15, 0.2) is 52.9 Å². The summed E-state index contributed by atoms with van der Waals surface area (Å²) in [5.74, 6) is 3.77. The molecule has 194 valence electrons. The smallest absolute Gasteiger partial charge is 0.258 e. The summed E-state index contributed by atoms with van der Waals surface area (Å²) in [5.41, 5.74) is 2.56. The van der Waals surface area contributed by atoms with E-state index in [1.165, 1.54) is 18.9 Å². The molecule has 0 unspecified atom stereocenters. The van der Waals surface area contributed by atoms with E-state index < -0.39 is 0 Å². The van der Waals surface area contributed by atoms with E-state index in [4.69, 9.17) is 14.2 Å². The van der Waals surface area contributed by atoms with Crippen molar-refractivity contribution in [2.45, 2.75) is 50.8 Å². The molecule has 0 aliphatic heterocycles. The molecule has 10 heteroatoms. The Morgan fingerprint density at radius 2 is 1.86 bits per heavy atom. The summed E-state index contributed by atoms with van der Waals surface area (Å²) >= 11 is 1.43. The lowest BCUT2D eigenvalue weighted by Gasteiger charge is -2.15.